The van der Waals surface area contributed by atoms with Crippen LogP contribution in [0.5, 0.6) is 5.75 Å². The van der Waals surface area contributed by atoms with Crippen molar-refractivity contribution in [1.82, 2.24) is 4.90 Å². The second-order valence-corrected chi connectivity index (χ2v) is 7.23. The van der Waals surface area contributed by atoms with Crippen LogP contribution in [-0.4, -0.2) is 34.5 Å². The highest BCUT2D eigenvalue weighted by Crippen LogP contribution is 2.57. The van der Waals surface area contributed by atoms with Crippen LogP contribution in [0.1, 0.15) is 37.0 Å². The van der Waals surface area contributed by atoms with Crippen LogP contribution in [0, 0.1) is 6.92 Å². The number of phenolic OH excluding ortho intramolecular Hbond substituents is 1. The molecule has 1 fully saturated rings. The van der Waals surface area contributed by atoms with Crippen LogP contribution in [-0.2, 0) is 15.0 Å². The predicted molar refractivity (Wildman–Crippen MR) is 99.0 cm³/mol. The first-order chi connectivity index (χ1) is 12.4. The molecule has 5 nitrogen and oxygen atoms in total. The van der Waals surface area contributed by atoms with Gasteiger partial charge in [0.25, 0.3) is 0 Å². The zero-order chi connectivity index (χ0) is 18.6. The van der Waals surface area contributed by atoms with Gasteiger partial charge in [-0.3, -0.25) is 14.5 Å². The summed E-state index contributed by atoms with van der Waals surface area (Å²) in [4.78, 5) is 28.4. The van der Waals surface area contributed by atoms with Gasteiger partial charge in [-0.05, 0) is 31.0 Å². The fourth-order valence-electron chi connectivity index (χ4n) is 4.74. The maximum atomic E-state index is 12.6. The number of rotatable bonds is 1. The van der Waals surface area contributed by atoms with Gasteiger partial charge in [0, 0.05) is 26.0 Å². The first-order valence-electron chi connectivity index (χ1n) is 8.84. The topological polar surface area (TPSA) is 60.9 Å². The van der Waals surface area contributed by atoms with Gasteiger partial charge in [0.1, 0.15) is 11.9 Å². The number of phenols is 1. The summed E-state index contributed by atoms with van der Waals surface area (Å²) in [5, 5.41) is 10.7. The van der Waals surface area contributed by atoms with Gasteiger partial charge in [-0.2, -0.15) is 0 Å². The van der Waals surface area contributed by atoms with Crippen molar-refractivity contribution in [3.63, 3.8) is 0 Å². The van der Waals surface area contributed by atoms with E-state index in [1.54, 1.807) is 15.9 Å². The average Bonchev–Trinajstić information content (AvgIpc) is 3.10. The van der Waals surface area contributed by atoms with Gasteiger partial charge in [0.15, 0.2) is 0 Å². The minimum Gasteiger partial charge on any atom is -0.508 e. The lowest BCUT2D eigenvalue weighted by atomic mass is 9.72. The number of benzene rings is 2. The Morgan fingerprint density at radius 2 is 1.81 bits per heavy atom. The van der Waals surface area contributed by atoms with E-state index in [9.17, 15) is 14.7 Å². The molecule has 0 aliphatic carbocycles. The lowest BCUT2D eigenvalue weighted by molar-refractivity contribution is -0.130. The number of nitrogens with zero attached hydrogens (tertiary/aromatic N) is 2. The van der Waals surface area contributed by atoms with Crippen molar-refractivity contribution >= 4 is 17.5 Å². The van der Waals surface area contributed by atoms with Crippen LogP contribution in [0.15, 0.2) is 42.5 Å². The van der Waals surface area contributed by atoms with Crippen LogP contribution in [0.4, 0.5) is 5.69 Å². The average molecular weight is 350 g/mol. The van der Waals surface area contributed by atoms with Crippen molar-refractivity contribution in [2.45, 2.75) is 38.8 Å². The quantitative estimate of drug-likeness (QED) is 0.860. The molecule has 1 N–H and O–H groups in total. The number of likely N-dealkylation sites (tertiary alicyclic amines) is 1. The van der Waals surface area contributed by atoms with Crippen LogP contribution in [0.2, 0.25) is 0 Å². The van der Waals surface area contributed by atoms with Gasteiger partial charge in [0.05, 0.1) is 11.1 Å². The molecule has 2 aliphatic heterocycles. The highest BCUT2D eigenvalue weighted by atomic mass is 16.3. The lowest BCUT2D eigenvalue weighted by Crippen LogP contribution is -2.53. The van der Waals surface area contributed by atoms with Gasteiger partial charge in [-0.1, -0.05) is 35.9 Å². The van der Waals surface area contributed by atoms with Crippen LogP contribution in [0.25, 0.3) is 0 Å². The van der Waals surface area contributed by atoms with E-state index in [4.69, 9.17) is 0 Å². The number of anilines is 1. The van der Waals surface area contributed by atoms with Gasteiger partial charge < -0.3 is 10.0 Å². The molecule has 0 aromatic heterocycles. The molecule has 0 radical (unpaired) electrons. The number of fused-ring (bicyclic) bond motifs is 3. The van der Waals surface area contributed by atoms with Crippen molar-refractivity contribution in [1.29, 1.82) is 0 Å². The zero-order valence-corrected chi connectivity index (χ0v) is 15.2. The standard InChI is InChI=1S/C21H22N2O3/c1-13-8-9-19(26)17(12-13)21-10-11-22(14(2)24)20(21)23(15(3)25)18-7-5-4-6-16(18)21/h4-9,12,20,26H,10-11H2,1-3H3/t20-,21+/m1/s1. The summed E-state index contributed by atoms with van der Waals surface area (Å²) in [6.45, 7) is 5.59. The molecule has 4 rings (SSSR count). The highest BCUT2D eigenvalue weighted by Gasteiger charge is 2.60. The molecule has 134 valence electrons. The van der Waals surface area contributed by atoms with Crippen molar-refractivity contribution < 1.29 is 14.7 Å². The summed E-state index contributed by atoms with van der Waals surface area (Å²) < 4.78 is 0. The molecule has 5 heteroatoms. The first kappa shape index (κ1) is 16.6. The maximum absolute atomic E-state index is 12.6. The third-order valence-corrected chi connectivity index (χ3v) is 5.75. The Labute approximate surface area is 152 Å². The summed E-state index contributed by atoms with van der Waals surface area (Å²) in [6, 6.07) is 13.3. The number of hydrogen-bond donors (Lipinski definition) is 1. The van der Waals surface area contributed by atoms with Gasteiger partial charge in [-0.25, -0.2) is 0 Å². The van der Waals surface area contributed by atoms with Crippen LogP contribution in [0.3, 0.4) is 0 Å². The highest BCUT2D eigenvalue weighted by molar-refractivity contribution is 5.97. The van der Waals surface area contributed by atoms with E-state index in [2.05, 4.69) is 0 Å². The molecule has 26 heavy (non-hydrogen) atoms. The summed E-state index contributed by atoms with van der Waals surface area (Å²) in [5.74, 6) is 0.0268. The van der Waals surface area contributed by atoms with E-state index < -0.39 is 11.6 Å². The minimum atomic E-state index is -0.621. The van der Waals surface area contributed by atoms with Crippen molar-refractivity contribution in [2.75, 3.05) is 11.4 Å². The molecule has 2 aromatic carbocycles. The van der Waals surface area contributed by atoms with Gasteiger partial charge in [0.2, 0.25) is 11.8 Å². The Kier molecular flexibility index (Phi) is 3.58. The van der Waals surface area contributed by atoms with Crippen molar-refractivity contribution in [3.05, 3.63) is 59.2 Å². The second kappa shape index (κ2) is 5.59. The second-order valence-electron chi connectivity index (χ2n) is 7.23. The Morgan fingerprint density at radius 1 is 1.08 bits per heavy atom. The zero-order valence-electron chi connectivity index (χ0n) is 15.2. The van der Waals surface area contributed by atoms with E-state index in [0.29, 0.717) is 13.0 Å². The maximum Gasteiger partial charge on any atom is 0.225 e. The molecule has 0 bridgehead atoms. The molecular weight excluding hydrogens is 328 g/mol. The van der Waals surface area contributed by atoms with E-state index in [1.807, 2.05) is 43.3 Å². The molecule has 0 unspecified atom stereocenters. The number of carbonyl (C=O) groups excluding carboxylic acids is 2. The molecule has 0 saturated carbocycles. The summed E-state index contributed by atoms with van der Waals surface area (Å²) in [6.07, 6.45) is 0.206. The molecule has 2 heterocycles. The number of carbonyl (C=O) groups is 2. The predicted octanol–water partition coefficient (Wildman–Crippen LogP) is 2.93. The number of aryl methyl sites for hydroxylation is 1. The summed E-state index contributed by atoms with van der Waals surface area (Å²) in [7, 11) is 0. The Hall–Kier alpha value is -2.82. The number of hydrogen-bond acceptors (Lipinski definition) is 3. The molecule has 0 spiro atoms. The third kappa shape index (κ3) is 2.03. The smallest absolute Gasteiger partial charge is 0.225 e. The minimum absolute atomic E-state index is 0.0666. The number of aromatic hydroxyl groups is 1. The van der Waals surface area contributed by atoms with E-state index >= 15 is 0 Å². The third-order valence-electron chi connectivity index (χ3n) is 5.75. The SMILES string of the molecule is CC(=O)N1CC[C@@]2(c3cc(C)ccc3O)c3ccccc3N(C(C)=O)[C@@H]12. The number of para-hydroxylation sites is 1. The fraction of sp³-hybridized carbons (Fsp3) is 0.333. The van der Waals surface area contributed by atoms with E-state index in [-0.39, 0.29) is 17.6 Å². The van der Waals surface area contributed by atoms with Crippen molar-refractivity contribution in [2.24, 2.45) is 0 Å². The molecule has 1 saturated heterocycles. The summed E-state index contributed by atoms with van der Waals surface area (Å²) >= 11 is 0. The molecular formula is C21H22N2O3. The van der Waals surface area contributed by atoms with Gasteiger partial charge >= 0.3 is 0 Å². The van der Waals surface area contributed by atoms with E-state index in [0.717, 1.165) is 22.4 Å². The Balaban J connectivity index is 2.06. The first-order valence-corrected chi connectivity index (χ1v) is 8.84. The van der Waals surface area contributed by atoms with Gasteiger partial charge in [-0.15, -0.1) is 0 Å². The summed E-state index contributed by atoms with van der Waals surface area (Å²) in [5.41, 5.74) is 3.00. The lowest BCUT2D eigenvalue weighted by Gasteiger charge is -2.37. The monoisotopic (exact) mass is 350 g/mol. The Bertz CT molecular complexity index is 923. The van der Waals surface area contributed by atoms with Crippen LogP contribution >= 0.6 is 0 Å². The van der Waals surface area contributed by atoms with E-state index in [1.165, 1.54) is 13.8 Å². The molecule has 2 aromatic rings. The molecule has 2 atom stereocenters. The largest absolute Gasteiger partial charge is 0.508 e. The Morgan fingerprint density at radius 3 is 2.50 bits per heavy atom. The van der Waals surface area contributed by atoms with Crippen molar-refractivity contribution in [3.8, 4) is 5.75 Å². The normalized spacial score (nSPS) is 23.7. The molecule has 2 amide bonds. The fourth-order valence-corrected chi connectivity index (χ4v) is 4.74. The van der Waals surface area contributed by atoms with Crippen LogP contribution < -0.4 is 4.90 Å². The molecule has 2 aliphatic rings. The number of amides is 2.